The minimum absolute atomic E-state index is 0.00823. The summed E-state index contributed by atoms with van der Waals surface area (Å²) in [5.41, 5.74) is 1.08. The topological polar surface area (TPSA) is 57.6 Å². The molecule has 0 heterocycles. The Bertz CT molecular complexity index is 426. The molecule has 4 heteroatoms. The fraction of sp³-hybridized carbons (Fsp3) is 0.286. The molecule has 0 saturated carbocycles. The maximum absolute atomic E-state index is 11.7. The van der Waals surface area contributed by atoms with E-state index < -0.39 is 5.97 Å². The van der Waals surface area contributed by atoms with Gasteiger partial charge < -0.3 is 10.0 Å². The molecule has 0 fully saturated rings. The average molecular weight is 247 g/mol. The Morgan fingerprint density at radius 3 is 2.56 bits per heavy atom. The van der Waals surface area contributed by atoms with Crippen molar-refractivity contribution in [2.45, 2.75) is 19.4 Å². The highest BCUT2D eigenvalue weighted by molar-refractivity contribution is 5.80. The maximum Gasteiger partial charge on any atom is 0.327 e. The SMILES string of the molecule is CN(Cc1ccccc1)C(=O)CC/C=C/C(=O)O. The lowest BCUT2D eigenvalue weighted by atomic mass is 10.2. The van der Waals surface area contributed by atoms with Crippen molar-refractivity contribution in [2.24, 2.45) is 0 Å². The first kappa shape index (κ1) is 14.0. The molecule has 1 aromatic carbocycles. The third kappa shape index (κ3) is 5.30. The van der Waals surface area contributed by atoms with Crippen molar-refractivity contribution in [3.63, 3.8) is 0 Å². The summed E-state index contributed by atoms with van der Waals surface area (Å²) in [6.07, 6.45) is 3.33. The van der Waals surface area contributed by atoms with Crippen LogP contribution in [0.15, 0.2) is 42.5 Å². The van der Waals surface area contributed by atoms with Crippen LogP contribution in [0.1, 0.15) is 18.4 Å². The largest absolute Gasteiger partial charge is 0.478 e. The van der Waals surface area contributed by atoms with Gasteiger partial charge >= 0.3 is 5.97 Å². The normalized spacial score (nSPS) is 10.5. The highest BCUT2D eigenvalue weighted by Gasteiger charge is 2.07. The quantitative estimate of drug-likeness (QED) is 0.783. The number of hydrogen-bond donors (Lipinski definition) is 1. The number of carbonyl (C=O) groups is 2. The molecule has 0 aliphatic rings. The highest BCUT2D eigenvalue weighted by Crippen LogP contribution is 2.05. The van der Waals surface area contributed by atoms with E-state index in [0.717, 1.165) is 11.6 Å². The van der Waals surface area contributed by atoms with Gasteiger partial charge in [-0.2, -0.15) is 0 Å². The molecule has 18 heavy (non-hydrogen) atoms. The predicted octanol–water partition coefficient (Wildman–Crippen LogP) is 2.07. The first-order valence-electron chi connectivity index (χ1n) is 5.77. The van der Waals surface area contributed by atoms with Crippen LogP contribution < -0.4 is 0 Å². The zero-order valence-electron chi connectivity index (χ0n) is 10.4. The van der Waals surface area contributed by atoms with Crippen LogP contribution in [-0.2, 0) is 16.1 Å². The van der Waals surface area contributed by atoms with Gasteiger partial charge in [0.1, 0.15) is 0 Å². The van der Waals surface area contributed by atoms with E-state index in [1.807, 2.05) is 30.3 Å². The van der Waals surface area contributed by atoms with Crippen molar-refractivity contribution in [1.29, 1.82) is 0 Å². The first-order chi connectivity index (χ1) is 8.59. The molecular formula is C14H17NO3. The number of carbonyl (C=O) groups excluding carboxylic acids is 1. The predicted molar refractivity (Wildman–Crippen MR) is 68.9 cm³/mol. The number of allylic oxidation sites excluding steroid dienone is 1. The molecule has 1 N–H and O–H groups in total. The first-order valence-corrected chi connectivity index (χ1v) is 5.77. The summed E-state index contributed by atoms with van der Waals surface area (Å²) >= 11 is 0. The van der Waals surface area contributed by atoms with Crippen LogP contribution in [0.3, 0.4) is 0 Å². The lowest BCUT2D eigenvalue weighted by Crippen LogP contribution is -2.25. The summed E-state index contributed by atoms with van der Waals surface area (Å²) in [6, 6.07) is 9.73. The molecule has 1 amide bonds. The van der Waals surface area contributed by atoms with Crippen LogP contribution in [0.4, 0.5) is 0 Å². The molecule has 0 radical (unpaired) electrons. The third-order valence-electron chi connectivity index (χ3n) is 2.47. The van der Waals surface area contributed by atoms with Gasteiger partial charge in [0.25, 0.3) is 0 Å². The fourth-order valence-electron chi connectivity index (χ4n) is 1.53. The molecule has 96 valence electrons. The van der Waals surface area contributed by atoms with E-state index in [-0.39, 0.29) is 5.91 Å². The van der Waals surface area contributed by atoms with Crippen molar-refractivity contribution in [3.05, 3.63) is 48.0 Å². The van der Waals surface area contributed by atoms with Crippen LogP contribution in [0, 0.1) is 0 Å². The molecular weight excluding hydrogens is 230 g/mol. The van der Waals surface area contributed by atoms with Crippen molar-refractivity contribution in [2.75, 3.05) is 7.05 Å². The van der Waals surface area contributed by atoms with Gasteiger partial charge in [-0.05, 0) is 12.0 Å². The van der Waals surface area contributed by atoms with Gasteiger partial charge in [0.15, 0.2) is 0 Å². The molecule has 0 bridgehead atoms. The number of hydrogen-bond acceptors (Lipinski definition) is 2. The number of carboxylic acid groups (broad SMARTS) is 1. The Morgan fingerprint density at radius 1 is 1.28 bits per heavy atom. The van der Waals surface area contributed by atoms with Gasteiger partial charge in [0, 0.05) is 26.1 Å². The van der Waals surface area contributed by atoms with E-state index in [0.29, 0.717) is 19.4 Å². The highest BCUT2D eigenvalue weighted by atomic mass is 16.4. The van der Waals surface area contributed by atoms with E-state index in [9.17, 15) is 9.59 Å². The summed E-state index contributed by atoms with van der Waals surface area (Å²) in [5.74, 6) is -0.978. The Labute approximate surface area is 107 Å². The fourth-order valence-corrected chi connectivity index (χ4v) is 1.53. The molecule has 0 aliphatic heterocycles. The molecule has 0 aliphatic carbocycles. The second-order valence-corrected chi connectivity index (χ2v) is 4.01. The molecule has 0 saturated heterocycles. The summed E-state index contributed by atoms with van der Waals surface area (Å²) in [5, 5.41) is 8.40. The van der Waals surface area contributed by atoms with Gasteiger partial charge in [0.2, 0.25) is 5.91 Å². The zero-order chi connectivity index (χ0) is 13.4. The molecule has 4 nitrogen and oxygen atoms in total. The van der Waals surface area contributed by atoms with Gasteiger partial charge in [-0.25, -0.2) is 4.79 Å². The molecule has 1 aromatic rings. The minimum atomic E-state index is -0.986. The number of carboxylic acids is 1. The molecule has 0 atom stereocenters. The lowest BCUT2D eigenvalue weighted by Gasteiger charge is -2.16. The summed E-state index contributed by atoms with van der Waals surface area (Å²) in [6.45, 7) is 0.572. The third-order valence-corrected chi connectivity index (χ3v) is 2.47. The number of rotatable bonds is 6. The number of benzene rings is 1. The van der Waals surface area contributed by atoms with Gasteiger partial charge in [-0.3, -0.25) is 4.79 Å². The van der Waals surface area contributed by atoms with Crippen LogP contribution >= 0.6 is 0 Å². The summed E-state index contributed by atoms with van der Waals surface area (Å²) < 4.78 is 0. The monoisotopic (exact) mass is 247 g/mol. The Hall–Kier alpha value is -2.10. The second-order valence-electron chi connectivity index (χ2n) is 4.01. The van der Waals surface area contributed by atoms with E-state index >= 15 is 0 Å². The molecule has 1 rings (SSSR count). The van der Waals surface area contributed by atoms with Crippen molar-refractivity contribution in [1.82, 2.24) is 4.90 Å². The smallest absolute Gasteiger partial charge is 0.327 e. The van der Waals surface area contributed by atoms with Crippen molar-refractivity contribution in [3.8, 4) is 0 Å². The van der Waals surface area contributed by atoms with Crippen LogP contribution in [0.25, 0.3) is 0 Å². The van der Waals surface area contributed by atoms with E-state index in [1.165, 1.54) is 6.08 Å². The van der Waals surface area contributed by atoms with Gasteiger partial charge in [-0.15, -0.1) is 0 Å². The molecule has 0 unspecified atom stereocenters. The molecule has 0 spiro atoms. The average Bonchev–Trinajstić information content (AvgIpc) is 2.35. The van der Waals surface area contributed by atoms with Crippen LogP contribution in [0.2, 0.25) is 0 Å². The summed E-state index contributed by atoms with van der Waals surface area (Å²) in [7, 11) is 1.75. The second kappa shape index (κ2) is 7.27. The lowest BCUT2D eigenvalue weighted by molar-refractivity contribution is -0.132. The molecule has 0 aromatic heterocycles. The Balaban J connectivity index is 2.35. The number of aliphatic carboxylic acids is 1. The standard InChI is InChI=1S/C14H17NO3/c1-15(11-12-7-3-2-4-8-12)13(16)9-5-6-10-14(17)18/h2-4,6-8,10H,5,9,11H2,1H3,(H,17,18)/b10-6+. The minimum Gasteiger partial charge on any atom is -0.478 e. The van der Waals surface area contributed by atoms with E-state index in [4.69, 9.17) is 5.11 Å². The number of amides is 1. The summed E-state index contributed by atoms with van der Waals surface area (Å²) in [4.78, 5) is 23.6. The van der Waals surface area contributed by atoms with E-state index in [2.05, 4.69) is 0 Å². The van der Waals surface area contributed by atoms with Crippen LogP contribution in [-0.4, -0.2) is 28.9 Å². The van der Waals surface area contributed by atoms with Gasteiger partial charge in [0.05, 0.1) is 0 Å². The maximum atomic E-state index is 11.7. The van der Waals surface area contributed by atoms with Crippen molar-refractivity contribution >= 4 is 11.9 Å². The van der Waals surface area contributed by atoms with Gasteiger partial charge in [-0.1, -0.05) is 36.4 Å². The zero-order valence-corrected chi connectivity index (χ0v) is 10.4. The number of nitrogens with zero attached hydrogens (tertiary/aromatic N) is 1. The Morgan fingerprint density at radius 2 is 1.94 bits per heavy atom. The van der Waals surface area contributed by atoms with Crippen molar-refractivity contribution < 1.29 is 14.7 Å². The Kier molecular flexibility index (Phi) is 5.64. The van der Waals surface area contributed by atoms with Crippen LogP contribution in [0.5, 0.6) is 0 Å². The van der Waals surface area contributed by atoms with E-state index in [1.54, 1.807) is 11.9 Å².